The summed E-state index contributed by atoms with van der Waals surface area (Å²) in [6, 6.07) is 8.07. The first kappa shape index (κ1) is 12.9. The van der Waals surface area contributed by atoms with Crippen molar-refractivity contribution in [2.45, 2.75) is 20.3 Å². The van der Waals surface area contributed by atoms with Crippen LogP contribution in [0.15, 0.2) is 29.6 Å². The highest BCUT2D eigenvalue weighted by Crippen LogP contribution is 2.29. The Hall–Kier alpha value is -2.14. The van der Waals surface area contributed by atoms with Crippen molar-refractivity contribution >= 4 is 22.3 Å². The van der Waals surface area contributed by atoms with Crippen molar-refractivity contribution in [2.75, 3.05) is 0 Å². The summed E-state index contributed by atoms with van der Waals surface area (Å²) >= 11 is 1.47. The predicted octanol–water partition coefficient (Wildman–Crippen LogP) is 3.63. The summed E-state index contributed by atoms with van der Waals surface area (Å²) < 4.78 is 1.75. The molecule has 0 aliphatic carbocycles. The van der Waals surface area contributed by atoms with Gasteiger partial charge >= 0.3 is 5.97 Å². The number of carbonyl (C=O) groups is 1. The Morgan fingerprint density at radius 3 is 2.65 bits per heavy atom. The maximum atomic E-state index is 11.5. The van der Waals surface area contributed by atoms with Crippen molar-refractivity contribution in [3.05, 3.63) is 46.6 Å². The summed E-state index contributed by atoms with van der Waals surface area (Å²) in [6.45, 7) is 3.95. The molecule has 0 aliphatic heterocycles. The highest BCUT2D eigenvalue weighted by Gasteiger charge is 2.21. The number of aryl methyl sites for hydroxylation is 2. The fourth-order valence-corrected chi connectivity index (χ4v) is 3.21. The minimum absolute atomic E-state index is 0.277. The molecule has 1 N–H and O–H groups in total. The zero-order valence-electron chi connectivity index (χ0n) is 11.3. The number of fused-ring (bicyclic) bond motifs is 1. The average molecular weight is 286 g/mol. The first-order valence-corrected chi connectivity index (χ1v) is 7.29. The molecule has 0 fully saturated rings. The number of hydrogen-bond donors (Lipinski definition) is 1. The molecular weight excluding hydrogens is 272 g/mol. The van der Waals surface area contributed by atoms with Gasteiger partial charge in [-0.15, -0.1) is 11.3 Å². The van der Waals surface area contributed by atoms with Crippen molar-refractivity contribution in [1.29, 1.82) is 0 Å². The van der Waals surface area contributed by atoms with E-state index in [9.17, 15) is 9.90 Å². The van der Waals surface area contributed by atoms with Crippen LogP contribution in [-0.2, 0) is 6.42 Å². The van der Waals surface area contributed by atoms with Gasteiger partial charge in [-0.3, -0.25) is 4.40 Å². The third kappa shape index (κ3) is 1.91. The minimum atomic E-state index is -0.930. The second kappa shape index (κ2) is 4.76. The maximum Gasteiger partial charge on any atom is 0.354 e. The molecule has 0 unspecified atom stereocenters. The van der Waals surface area contributed by atoms with Gasteiger partial charge in [0.05, 0.1) is 11.4 Å². The van der Waals surface area contributed by atoms with Gasteiger partial charge in [-0.05, 0) is 18.9 Å². The van der Waals surface area contributed by atoms with Crippen molar-refractivity contribution in [3.8, 4) is 11.3 Å². The van der Waals surface area contributed by atoms with Crippen LogP contribution in [0.4, 0.5) is 0 Å². The molecule has 1 aromatic carbocycles. The molecule has 4 nitrogen and oxygen atoms in total. The van der Waals surface area contributed by atoms with Crippen LogP contribution in [-0.4, -0.2) is 20.5 Å². The first-order chi connectivity index (χ1) is 9.61. The Kier molecular flexibility index (Phi) is 3.06. The van der Waals surface area contributed by atoms with Gasteiger partial charge in [0.25, 0.3) is 0 Å². The van der Waals surface area contributed by atoms with E-state index >= 15 is 0 Å². The molecule has 0 bridgehead atoms. The van der Waals surface area contributed by atoms with Crippen LogP contribution in [0.25, 0.3) is 16.2 Å². The van der Waals surface area contributed by atoms with E-state index in [0.717, 1.165) is 16.2 Å². The number of thiazole rings is 1. The van der Waals surface area contributed by atoms with Gasteiger partial charge in [-0.25, -0.2) is 9.78 Å². The normalized spacial score (nSPS) is 11.1. The molecule has 2 heterocycles. The van der Waals surface area contributed by atoms with Crippen LogP contribution in [0.1, 0.15) is 28.7 Å². The molecule has 0 amide bonds. The number of carboxylic acids is 1. The lowest BCUT2D eigenvalue weighted by Crippen LogP contribution is -2.05. The van der Waals surface area contributed by atoms with Crippen LogP contribution < -0.4 is 0 Å². The standard InChI is InChI=1S/C15H14N2O2S/c1-3-11-13(14(18)19)17-12(8-20-15(17)16-11)10-6-4-9(2)5-7-10/h4-8H,3H2,1-2H3,(H,18,19). The summed E-state index contributed by atoms with van der Waals surface area (Å²) in [7, 11) is 0. The molecule has 0 saturated heterocycles. The molecule has 0 radical (unpaired) electrons. The fraction of sp³-hybridized carbons (Fsp3) is 0.200. The van der Waals surface area contributed by atoms with Crippen molar-refractivity contribution in [2.24, 2.45) is 0 Å². The second-order valence-electron chi connectivity index (χ2n) is 4.67. The van der Waals surface area contributed by atoms with Gasteiger partial charge in [0.15, 0.2) is 10.7 Å². The van der Waals surface area contributed by atoms with Crippen LogP contribution in [0.5, 0.6) is 0 Å². The Morgan fingerprint density at radius 1 is 1.35 bits per heavy atom. The molecule has 0 aliphatic rings. The van der Waals surface area contributed by atoms with Gasteiger partial charge in [0.1, 0.15) is 0 Å². The van der Waals surface area contributed by atoms with Gasteiger partial charge in [-0.1, -0.05) is 36.8 Å². The molecule has 3 rings (SSSR count). The zero-order chi connectivity index (χ0) is 14.3. The summed E-state index contributed by atoms with van der Waals surface area (Å²) in [6.07, 6.45) is 0.614. The lowest BCUT2D eigenvalue weighted by molar-refractivity contribution is 0.0688. The van der Waals surface area contributed by atoms with Crippen LogP contribution >= 0.6 is 11.3 Å². The van der Waals surface area contributed by atoms with E-state index in [2.05, 4.69) is 4.98 Å². The zero-order valence-corrected chi connectivity index (χ0v) is 12.1. The van der Waals surface area contributed by atoms with Crippen molar-refractivity contribution in [3.63, 3.8) is 0 Å². The van der Waals surface area contributed by atoms with E-state index in [1.54, 1.807) is 4.40 Å². The molecule has 0 atom stereocenters. The number of aromatic nitrogens is 2. The molecule has 0 spiro atoms. The van der Waals surface area contributed by atoms with E-state index in [1.165, 1.54) is 16.9 Å². The quantitative estimate of drug-likeness (QED) is 0.800. The lowest BCUT2D eigenvalue weighted by atomic mass is 10.1. The summed E-state index contributed by atoms with van der Waals surface area (Å²) in [5.74, 6) is -0.930. The summed E-state index contributed by atoms with van der Waals surface area (Å²) in [5, 5.41) is 11.4. The van der Waals surface area contributed by atoms with Crippen LogP contribution in [0.2, 0.25) is 0 Å². The predicted molar refractivity (Wildman–Crippen MR) is 79.6 cm³/mol. The van der Waals surface area contributed by atoms with Gasteiger partial charge < -0.3 is 5.11 Å². The van der Waals surface area contributed by atoms with E-state index < -0.39 is 5.97 Å². The largest absolute Gasteiger partial charge is 0.477 e. The van der Waals surface area contributed by atoms with E-state index in [4.69, 9.17) is 0 Å². The molecule has 2 aromatic heterocycles. The second-order valence-corrected chi connectivity index (χ2v) is 5.51. The van der Waals surface area contributed by atoms with E-state index in [0.29, 0.717) is 12.1 Å². The molecule has 3 aromatic rings. The molecule has 20 heavy (non-hydrogen) atoms. The number of rotatable bonds is 3. The van der Waals surface area contributed by atoms with Gasteiger partial charge in [-0.2, -0.15) is 0 Å². The Morgan fingerprint density at radius 2 is 2.05 bits per heavy atom. The molecule has 0 saturated carbocycles. The topological polar surface area (TPSA) is 54.6 Å². The van der Waals surface area contributed by atoms with Crippen molar-refractivity contribution in [1.82, 2.24) is 9.38 Å². The Bertz CT molecular complexity index is 784. The molecular formula is C15H14N2O2S. The fourth-order valence-electron chi connectivity index (χ4n) is 2.29. The van der Waals surface area contributed by atoms with Crippen LogP contribution in [0, 0.1) is 6.92 Å². The summed E-state index contributed by atoms with van der Waals surface area (Å²) in [4.78, 5) is 16.7. The number of aromatic carboxylic acids is 1. The van der Waals surface area contributed by atoms with Gasteiger partial charge in [0.2, 0.25) is 0 Å². The van der Waals surface area contributed by atoms with Crippen LogP contribution in [0.3, 0.4) is 0 Å². The number of hydrogen-bond acceptors (Lipinski definition) is 3. The highest BCUT2D eigenvalue weighted by atomic mass is 32.1. The SMILES string of the molecule is CCc1nc2scc(-c3ccc(C)cc3)n2c1C(=O)O. The Labute approximate surface area is 120 Å². The number of benzene rings is 1. The smallest absolute Gasteiger partial charge is 0.354 e. The summed E-state index contributed by atoms with van der Waals surface area (Å²) in [5.41, 5.74) is 3.98. The average Bonchev–Trinajstić information content (AvgIpc) is 2.97. The van der Waals surface area contributed by atoms with E-state index in [-0.39, 0.29) is 5.69 Å². The number of imidazole rings is 1. The molecule has 5 heteroatoms. The third-order valence-electron chi connectivity index (χ3n) is 3.32. The number of carboxylic acid groups (broad SMARTS) is 1. The maximum absolute atomic E-state index is 11.5. The number of nitrogens with zero attached hydrogens (tertiary/aromatic N) is 2. The highest BCUT2D eigenvalue weighted by molar-refractivity contribution is 7.15. The van der Waals surface area contributed by atoms with Crippen molar-refractivity contribution < 1.29 is 9.90 Å². The molecule has 102 valence electrons. The van der Waals surface area contributed by atoms with Gasteiger partial charge in [0, 0.05) is 5.38 Å². The minimum Gasteiger partial charge on any atom is -0.477 e. The Balaban J connectivity index is 2.29. The van der Waals surface area contributed by atoms with E-state index in [1.807, 2.05) is 43.5 Å². The lowest BCUT2D eigenvalue weighted by Gasteiger charge is -2.03. The first-order valence-electron chi connectivity index (χ1n) is 6.41. The monoisotopic (exact) mass is 286 g/mol. The third-order valence-corrected chi connectivity index (χ3v) is 4.15.